The Hall–Kier alpha value is -0.970. The van der Waals surface area contributed by atoms with Gasteiger partial charge >= 0.3 is 0 Å². The highest BCUT2D eigenvalue weighted by Gasteiger charge is 2.18. The molecule has 0 aliphatic carbocycles. The van der Waals surface area contributed by atoms with Crippen LogP contribution < -0.4 is 0 Å². The van der Waals surface area contributed by atoms with Crippen molar-refractivity contribution in [3.8, 4) is 11.8 Å². The molecule has 1 amide bonds. The number of carbonyl (C=O) groups is 1. The highest BCUT2D eigenvalue weighted by Crippen LogP contribution is 2.16. The maximum Gasteiger partial charge on any atom is 0.219 e. The number of nitrogens with zero attached hydrogens (tertiary/aromatic N) is 1. The normalized spacial score (nSPS) is 16.0. The van der Waals surface area contributed by atoms with Crippen LogP contribution in [0.25, 0.3) is 0 Å². The number of hydrogen-bond acceptors (Lipinski definition) is 1. The Morgan fingerprint density at radius 1 is 1.25 bits per heavy atom. The van der Waals surface area contributed by atoms with Gasteiger partial charge < -0.3 is 4.90 Å². The average molecular weight is 223 g/mol. The molecule has 0 aromatic rings. The quantitative estimate of drug-likeness (QED) is 0.578. The van der Waals surface area contributed by atoms with Crippen LogP contribution in [-0.2, 0) is 4.79 Å². The Labute approximate surface area is 100 Å². The number of carbonyl (C=O) groups excluding carboxylic acids is 1. The SMILES string of the molecule is CC.CC(=O)N1CCC(C#CC(C)C)CC1. The van der Waals surface area contributed by atoms with Crippen molar-refractivity contribution in [2.45, 2.75) is 47.5 Å². The summed E-state index contributed by atoms with van der Waals surface area (Å²) in [5.41, 5.74) is 0. The number of amides is 1. The van der Waals surface area contributed by atoms with E-state index in [0.717, 1.165) is 25.9 Å². The fourth-order valence-electron chi connectivity index (χ4n) is 1.62. The van der Waals surface area contributed by atoms with E-state index in [2.05, 4.69) is 25.7 Å². The number of piperidine rings is 1. The summed E-state index contributed by atoms with van der Waals surface area (Å²) in [7, 11) is 0. The monoisotopic (exact) mass is 223 g/mol. The molecule has 0 aromatic heterocycles. The Bertz CT molecular complexity index is 252. The molecule has 0 radical (unpaired) electrons. The lowest BCUT2D eigenvalue weighted by Gasteiger charge is -2.28. The van der Waals surface area contributed by atoms with Crippen molar-refractivity contribution in [1.29, 1.82) is 0 Å². The van der Waals surface area contributed by atoms with Gasteiger partial charge in [0.1, 0.15) is 0 Å². The molecule has 1 rings (SSSR count). The number of likely N-dealkylation sites (tertiary alicyclic amines) is 1. The van der Waals surface area contributed by atoms with E-state index in [1.54, 1.807) is 6.92 Å². The van der Waals surface area contributed by atoms with E-state index >= 15 is 0 Å². The molecule has 0 spiro atoms. The first kappa shape index (κ1) is 15.0. The smallest absolute Gasteiger partial charge is 0.219 e. The van der Waals surface area contributed by atoms with Crippen molar-refractivity contribution in [2.24, 2.45) is 11.8 Å². The van der Waals surface area contributed by atoms with Crippen LogP contribution in [0.3, 0.4) is 0 Å². The van der Waals surface area contributed by atoms with Gasteiger partial charge in [-0.25, -0.2) is 0 Å². The molecular formula is C14H25NO. The van der Waals surface area contributed by atoms with Crippen molar-refractivity contribution in [3.05, 3.63) is 0 Å². The van der Waals surface area contributed by atoms with Gasteiger partial charge in [-0.1, -0.05) is 33.6 Å². The molecule has 2 nitrogen and oxygen atoms in total. The molecule has 1 aliphatic rings. The summed E-state index contributed by atoms with van der Waals surface area (Å²) in [4.78, 5) is 13.0. The number of rotatable bonds is 0. The van der Waals surface area contributed by atoms with Crippen molar-refractivity contribution in [1.82, 2.24) is 4.90 Å². The predicted octanol–water partition coefficient (Wildman–Crippen LogP) is 2.93. The van der Waals surface area contributed by atoms with Gasteiger partial charge in [0.05, 0.1) is 0 Å². The number of hydrogen-bond donors (Lipinski definition) is 0. The minimum Gasteiger partial charge on any atom is -0.343 e. The lowest BCUT2D eigenvalue weighted by atomic mass is 9.97. The van der Waals surface area contributed by atoms with E-state index in [-0.39, 0.29) is 5.91 Å². The zero-order valence-corrected chi connectivity index (χ0v) is 11.3. The third kappa shape index (κ3) is 5.80. The van der Waals surface area contributed by atoms with E-state index in [4.69, 9.17) is 0 Å². The molecule has 16 heavy (non-hydrogen) atoms. The lowest BCUT2D eigenvalue weighted by molar-refractivity contribution is -0.129. The third-order valence-corrected chi connectivity index (χ3v) is 2.52. The van der Waals surface area contributed by atoms with Crippen LogP contribution in [0.4, 0.5) is 0 Å². The fourth-order valence-corrected chi connectivity index (χ4v) is 1.62. The summed E-state index contributed by atoms with van der Waals surface area (Å²) in [6.45, 7) is 11.6. The standard InChI is InChI=1S/C12H19NO.C2H6/c1-10(2)4-5-12-6-8-13(9-7-12)11(3)14;1-2/h10,12H,6-9H2,1-3H3;1-2H3. The van der Waals surface area contributed by atoms with Gasteiger partial charge in [-0.2, -0.15) is 0 Å². The Kier molecular flexibility index (Phi) is 7.72. The largest absolute Gasteiger partial charge is 0.343 e. The molecule has 0 atom stereocenters. The Morgan fingerprint density at radius 2 is 1.75 bits per heavy atom. The van der Waals surface area contributed by atoms with Gasteiger partial charge in [-0.3, -0.25) is 4.79 Å². The zero-order chi connectivity index (χ0) is 12.6. The van der Waals surface area contributed by atoms with Crippen molar-refractivity contribution >= 4 is 5.91 Å². The fraction of sp³-hybridized carbons (Fsp3) is 0.786. The highest BCUT2D eigenvalue weighted by molar-refractivity contribution is 5.73. The second-order valence-corrected chi connectivity index (χ2v) is 4.22. The van der Waals surface area contributed by atoms with Crippen LogP contribution in [0, 0.1) is 23.7 Å². The summed E-state index contributed by atoms with van der Waals surface area (Å²) in [5, 5.41) is 0. The molecule has 0 unspecified atom stereocenters. The first-order valence-electron chi connectivity index (χ1n) is 6.36. The van der Waals surface area contributed by atoms with Crippen LogP contribution in [0.5, 0.6) is 0 Å². The van der Waals surface area contributed by atoms with Crippen molar-refractivity contribution in [2.75, 3.05) is 13.1 Å². The summed E-state index contributed by atoms with van der Waals surface area (Å²) in [6, 6.07) is 0. The second kappa shape index (κ2) is 8.21. The van der Waals surface area contributed by atoms with E-state index in [1.165, 1.54) is 0 Å². The van der Waals surface area contributed by atoms with Gasteiger partial charge in [-0.15, -0.1) is 5.92 Å². The highest BCUT2D eigenvalue weighted by atomic mass is 16.2. The first-order valence-corrected chi connectivity index (χ1v) is 6.36. The minimum atomic E-state index is 0.195. The van der Waals surface area contributed by atoms with E-state index in [1.807, 2.05) is 18.7 Å². The van der Waals surface area contributed by atoms with Crippen LogP contribution >= 0.6 is 0 Å². The van der Waals surface area contributed by atoms with Gasteiger partial charge in [0.15, 0.2) is 0 Å². The van der Waals surface area contributed by atoms with Crippen LogP contribution in [0.2, 0.25) is 0 Å². The van der Waals surface area contributed by atoms with Crippen molar-refractivity contribution < 1.29 is 4.79 Å². The van der Waals surface area contributed by atoms with Gasteiger partial charge in [-0.05, 0) is 12.8 Å². The molecule has 1 saturated heterocycles. The van der Waals surface area contributed by atoms with Gasteiger partial charge in [0.25, 0.3) is 0 Å². The molecule has 1 fully saturated rings. The summed E-state index contributed by atoms with van der Waals surface area (Å²) in [6.07, 6.45) is 2.08. The lowest BCUT2D eigenvalue weighted by Crippen LogP contribution is -2.36. The molecule has 92 valence electrons. The topological polar surface area (TPSA) is 20.3 Å². The molecule has 1 aliphatic heterocycles. The van der Waals surface area contributed by atoms with Crippen molar-refractivity contribution in [3.63, 3.8) is 0 Å². The molecule has 1 heterocycles. The second-order valence-electron chi connectivity index (χ2n) is 4.22. The Balaban J connectivity index is 0.00000106. The van der Waals surface area contributed by atoms with Gasteiger partial charge in [0, 0.05) is 31.8 Å². The van der Waals surface area contributed by atoms with E-state index in [0.29, 0.717) is 11.8 Å². The third-order valence-electron chi connectivity index (χ3n) is 2.52. The molecular weight excluding hydrogens is 198 g/mol. The average Bonchev–Trinajstić information content (AvgIpc) is 2.29. The predicted molar refractivity (Wildman–Crippen MR) is 68.9 cm³/mol. The summed E-state index contributed by atoms with van der Waals surface area (Å²) < 4.78 is 0. The van der Waals surface area contributed by atoms with Crippen LogP contribution in [-0.4, -0.2) is 23.9 Å². The maximum atomic E-state index is 11.1. The van der Waals surface area contributed by atoms with Crippen LogP contribution in [0.1, 0.15) is 47.5 Å². The Morgan fingerprint density at radius 3 is 2.12 bits per heavy atom. The summed E-state index contributed by atoms with van der Waals surface area (Å²) in [5.74, 6) is 7.66. The molecule has 0 bridgehead atoms. The molecule has 0 saturated carbocycles. The molecule has 2 heteroatoms. The van der Waals surface area contributed by atoms with E-state index in [9.17, 15) is 4.79 Å². The molecule has 0 aromatic carbocycles. The maximum absolute atomic E-state index is 11.1. The minimum absolute atomic E-state index is 0.195. The van der Waals surface area contributed by atoms with Gasteiger partial charge in [0.2, 0.25) is 5.91 Å². The first-order chi connectivity index (χ1) is 7.59. The molecule has 0 N–H and O–H groups in total. The van der Waals surface area contributed by atoms with E-state index < -0.39 is 0 Å². The van der Waals surface area contributed by atoms with Crippen LogP contribution in [0.15, 0.2) is 0 Å². The summed E-state index contributed by atoms with van der Waals surface area (Å²) >= 11 is 0. The zero-order valence-electron chi connectivity index (χ0n) is 11.3.